The maximum absolute atomic E-state index is 5.78. The first kappa shape index (κ1) is 11.5. The Morgan fingerprint density at radius 1 is 1.44 bits per heavy atom. The minimum Gasteiger partial charge on any atom is -0.491 e. The Morgan fingerprint density at radius 3 is 3.11 bits per heavy atom. The van der Waals surface area contributed by atoms with Gasteiger partial charge in [-0.15, -0.1) is 0 Å². The molecule has 0 unspecified atom stereocenters. The van der Waals surface area contributed by atoms with Crippen LogP contribution in [0.2, 0.25) is 0 Å². The van der Waals surface area contributed by atoms with Crippen LogP contribution in [0.1, 0.15) is 5.56 Å². The molecule has 1 radical (unpaired) electrons. The smallest absolute Gasteiger partial charge is 0.200 e. The number of nitrogens with two attached hydrogens (primary N) is 1. The van der Waals surface area contributed by atoms with Crippen molar-refractivity contribution < 1.29 is 4.74 Å². The molecule has 3 rings (SSSR count). The highest BCUT2D eigenvalue weighted by Gasteiger charge is 2.32. The molecule has 0 bridgehead atoms. The van der Waals surface area contributed by atoms with Crippen LogP contribution in [0.4, 0.5) is 0 Å². The molecule has 0 aromatic heterocycles. The number of para-hydroxylation sites is 1. The molecule has 93 valence electrons. The summed E-state index contributed by atoms with van der Waals surface area (Å²) < 4.78 is 5.78. The van der Waals surface area contributed by atoms with Gasteiger partial charge in [-0.25, -0.2) is 5.32 Å². The van der Waals surface area contributed by atoms with Gasteiger partial charge in [0, 0.05) is 13.0 Å². The molecule has 1 atom stereocenters. The molecule has 4 nitrogen and oxygen atoms in total. The lowest BCUT2D eigenvalue weighted by atomic mass is 10.0. The number of ether oxygens (including phenoxy) is 1. The maximum atomic E-state index is 5.78. The monoisotopic (exact) mass is 260 g/mol. The number of rotatable bonds is 2. The molecule has 1 aromatic rings. The van der Waals surface area contributed by atoms with E-state index in [-0.39, 0.29) is 6.04 Å². The van der Waals surface area contributed by atoms with E-state index in [4.69, 9.17) is 22.7 Å². The van der Waals surface area contributed by atoms with Crippen molar-refractivity contribution in [2.45, 2.75) is 12.5 Å². The number of benzene rings is 1. The third-order valence-electron chi connectivity index (χ3n) is 3.27. The first-order valence-corrected chi connectivity index (χ1v) is 6.34. The second-order valence-corrected chi connectivity index (χ2v) is 4.75. The van der Waals surface area contributed by atoms with Gasteiger partial charge in [0.05, 0.1) is 17.9 Å². The van der Waals surface area contributed by atoms with Crippen molar-refractivity contribution in [3.63, 3.8) is 0 Å². The summed E-state index contributed by atoms with van der Waals surface area (Å²) in [7, 11) is 0. The SMILES string of the molecule is NCC1=C[N]C(=S)N1[C@H]1COc2ccccc2C1. The molecule has 0 aliphatic carbocycles. The van der Waals surface area contributed by atoms with E-state index in [1.165, 1.54) is 5.56 Å². The van der Waals surface area contributed by atoms with Gasteiger partial charge in [0.1, 0.15) is 12.4 Å². The van der Waals surface area contributed by atoms with Crippen LogP contribution < -0.4 is 15.8 Å². The van der Waals surface area contributed by atoms with E-state index < -0.39 is 0 Å². The second kappa shape index (κ2) is 4.59. The fourth-order valence-electron chi connectivity index (χ4n) is 2.40. The lowest BCUT2D eigenvalue weighted by Crippen LogP contribution is -2.45. The Balaban J connectivity index is 1.84. The first-order chi connectivity index (χ1) is 8.79. The summed E-state index contributed by atoms with van der Waals surface area (Å²) in [6, 6.07) is 8.28. The summed E-state index contributed by atoms with van der Waals surface area (Å²) in [6.07, 6.45) is 2.66. The van der Waals surface area contributed by atoms with E-state index in [2.05, 4.69) is 11.4 Å². The Kier molecular flexibility index (Phi) is 2.93. The molecule has 18 heavy (non-hydrogen) atoms. The summed E-state index contributed by atoms with van der Waals surface area (Å²) in [5, 5.41) is 4.75. The summed E-state index contributed by atoms with van der Waals surface area (Å²) in [5.41, 5.74) is 7.89. The average molecular weight is 260 g/mol. The number of hydrogen-bond acceptors (Lipinski definition) is 3. The van der Waals surface area contributed by atoms with Gasteiger partial charge in [0.15, 0.2) is 5.11 Å². The van der Waals surface area contributed by atoms with Crippen molar-refractivity contribution in [1.82, 2.24) is 10.2 Å². The molecule has 1 aromatic carbocycles. The fourth-order valence-corrected chi connectivity index (χ4v) is 2.72. The quantitative estimate of drug-likeness (QED) is 0.806. The van der Waals surface area contributed by atoms with Gasteiger partial charge in [-0.2, -0.15) is 0 Å². The fraction of sp³-hybridized carbons (Fsp3) is 0.308. The number of fused-ring (bicyclic) bond motifs is 1. The number of hydrogen-bond donors (Lipinski definition) is 1. The summed E-state index contributed by atoms with van der Waals surface area (Å²) in [5.74, 6) is 0.967. The third kappa shape index (κ3) is 1.85. The van der Waals surface area contributed by atoms with Crippen LogP contribution in [0.15, 0.2) is 36.2 Å². The van der Waals surface area contributed by atoms with Crippen LogP contribution in [0.5, 0.6) is 5.75 Å². The molecule has 2 heterocycles. The minimum atomic E-state index is 0.188. The molecule has 2 N–H and O–H groups in total. The highest BCUT2D eigenvalue weighted by Crippen LogP contribution is 2.28. The Bertz CT molecular complexity index is 515. The van der Waals surface area contributed by atoms with Gasteiger partial charge in [-0.3, -0.25) is 0 Å². The maximum Gasteiger partial charge on any atom is 0.200 e. The van der Waals surface area contributed by atoms with Gasteiger partial charge in [0.25, 0.3) is 0 Å². The first-order valence-electron chi connectivity index (χ1n) is 5.93. The lowest BCUT2D eigenvalue weighted by molar-refractivity contribution is 0.197. The van der Waals surface area contributed by atoms with Crippen molar-refractivity contribution in [2.75, 3.05) is 13.2 Å². The van der Waals surface area contributed by atoms with Crippen molar-refractivity contribution in [2.24, 2.45) is 5.73 Å². The molecule has 0 spiro atoms. The van der Waals surface area contributed by atoms with Crippen molar-refractivity contribution in [3.05, 3.63) is 41.7 Å². The van der Waals surface area contributed by atoms with Crippen LogP contribution in [-0.2, 0) is 6.42 Å². The van der Waals surface area contributed by atoms with Crippen LogP contribution in [-0.4, -0.2) is 29.2 Å². The zero-order chi connectivity index (χ0) is 12.5. The van der Waals surface area contributed by atoms with Gasteiger partial charge in [0.2, 0.25) is 0 Å². The average Bonchev–Trinajstić information content (AvgIpc) is 2.79. The molecular formula is C13H14N3OS. The normalized spacial score (nSPS) is 22.1. The molecule has 0 saturated heterocycles. The van der Waals surface area contributed by atoms with Gasteiger partial charge < -0.3 is 15.4 Å². The van der Waals surface area contributed by atoms with Crippen LogP contribution >= 0.6 is 12.2 Å². The van der Waals surface area contributed by atoms with E-state index in [1.807, 2.05) is 23.1 Å². The highest BCUT2D eigenvalue weighted by atomic mass is 32.1. The van der Waals surface area contributed by atoms with E-state index >= 15 is 0 Å². The van der Waals surface area contributed by atoms with Crippen LogP contribution in [0, 0.1) is 0 Å². The van der Waals surface area contributed by atoms with E-state index in [0.717, 1.165) is 17.9 Å². The molecule has 0 saturated carbocycles. The summed E-state index contributed by atoms with van der Waals surface area (Å²) in [6.45, 7) is 1.06. The second-order valence-electron chi connectivity index (χ2n) is 4.38. The molecule has 0 amide bonds. The van der Waals surface area contributed by atoms with E-state index in [9.17, 15) is 0 Å². The van der Waals surface area contributed by atoms with Gasteiger partial charge in [-0.1, -0.05) is 18.2 Å². The predicted octanol–water partition coefficient (Wildman–Crippen LogP) is 0.995. The highest BCUT2D eigenvalue weighted by molar-refractivity contribution is 7.80. The van der Waals surface area contributed by atoms with Crippen LogP contribution in [0.3, 0.4) is 0 Å². The standard InChI is InChI=1S/C13H14N3OS/c14-6-11-7-15-13(18)16(11)10-5-9-3-1-2-4-12(9)17-8-10/h1-4,7,10H,5-6,8,14H2/t10-/m1/s1. The van der Waals surface area contributed by atoms with Crippen molar-refractivity contribution in [1.29, 1.82) is 0 Å². The lowest BCUT2D eigenvalue weighted by Gasteiger charge is -2.34. The molecule has 5 heteroatoms. The van der Waals surface area contributed by atoms with Gasteiger partial charge >= 0.3 is 0 Å². The van der Waals surface area contributed by atoms with E-state index in [1.54, 1.807) is 6.20 Å². The van der Waals surface area contributed by atoms with Crippen molar-refractivity contribution in [3.8, 4) is 5.75 Å². The van der Waals surface area contributed by atoms with Crippen molar-refractivity contribution >= 4 is 17.3 Å². The molecule has 2 aliphatic heterocycles. The Labute approximate surface area is 111 Å². The molecule has 0 fully saturated rings. The Morgan fingerprint density at radius 2 is 2.28 bits per heavy atom. The zero-order valence-corrected chi connectivity index (χ0v) is 10.7. The molecular weight excluding hydrogens is 246 g/mol. The topological polar surface area (TPSA) is 52.6 Å². The zero-order valence-electron chi connectivity index (χ0n) is 9.87. The third-order valence-corrected chi connectivity index (χ3v) is 3.58. The number of nitrogens with zero attached hydrogens (tertiary/aromatic N) is 2. The Hall–Kier alpha value is -1.59. The van der Waals surface area contributed by atoms with Crippen LogP contribution in [0.25, 0.3) is 0 Å². The largest absolute Gasteiger partial charge is 0.491 e. The predicted molar refractivity (Wildman–Crippen MR) is 73.1 cm³/mol. The van der Waals surface area contributed by atoms with E-state index in [0.29, 0.717) is 18.3 Å². The molecule has 2 aliphatic rings. The van der Waals surface area contributed by atoms with Gasteiger partial charge in [-0.05, 0) is 23.8 Å². The minimum absolute atomic E-state index is 0.188. The summed E-state index contributed by atoms with van der Waals surface area (Å²) >= 11 is 5.26. The summed E-state index contributed by atoms with van der Waals surface area (Å²) in [4.78, 5) is 2.02. The number of thiocarbonyl (C=S) groups is 1.